The number of likely N-dealkylation sites (tertiary alicyclic amines) is 1. The number of hydrogen-bond donors (Lipinski definition) is 0. The maximum atomic E-state index is 12.6. The number of aryl methyl sites for hydroxylation is 2. The molecule has 0 unspecified atom stereocenters. The van der Waals surface area contributed by atoms with Crippen LogP contribution in [0, 0.1) is 12.8 Å². The molecule has 0 N–H and O–H groups in total. The molecule has 1 amide bonds. The Morgan fingerprint density at radius 2 is 2.25 bits per heavy atom. The van der Waals surface area contributed by atoms with Crippen LogP contribution in [-0.2, 0) is 11.2 Å². The minimum absolute atomic E-state index is 0.0643. The number of hydrogen-bond acceptors (Lipinski definition) is 4. The molecule has 0 radical (unpaired) electrons. The number of furan rings is 1. The molecule has 0 bridgehead atoms. The van der Waals surface area contributed by atoms with Crippen LogP contribution >= 0.6 is 0 Å². The first-order valence-electron chi connectivity index (χ1n) is 8.93. The van der Waals surface area contributed by atoms with E-state index in [0.29, 0.717) is 18.8 Å². The third kappa shape index (κ3) is 2.99. The van der Waals surface area contributed by atoms with Crippen LogP contribution in [0.3, 0.4) is 0 Å². The molecule has 4 rings (SSSR count). The van der Waals surface area contributed by atoms with Crippen LogP contribution in [0.1, 0.15) is 67.5 Å². The summed E-state index contributed by atoms with van der Waals surface area (Å²) in [4.78, 5) is 14.6. The zero-order chi connectivity index (χ0) is 16.7. The fourth-order valence-electron chi connectivity index (χ4n) is 3.74. The van der Waals surface area contributed by atoms with Crippen LogP contribution < -0.4 is 0 Å². The number of nitrogens with zero attached hydrogens (tertiary/aromatic N) is 2. The van der Waals surface area contributed by atoms with Gasteiger partial charge in [0.05, 0.1) is 6.04 Å². The molecule has 2 aliphatic rings. The van der Waals surface area contributed by atoms with E-state index >= 15 is 0 Å². The van der Waals surface area contributed by atoms with Gasteiger partial charge in [-0.05, 0) is 44.2 Å². The average Bonchev–Trinajstić information content (AvgIpc) is 3.03. The third-order valence-electron chi connectivity index (χ3n) is 5.30. The number of carbonyl (C=O) groups is 1. The molecule has 1 saturated heterocycles. The van der Waals surface area contributed by atoms with E-state index in [-0.39, 0.29) is 11.9 Å². The molecule has 5 nitrogen and oxygen atoms in total. The lowest BCUT2D eigenvalue weighted by Crippen LogP contribution is -2.30. The van der Waals surface area contributed by atoms with Crippen LogP contribution in [0.25, 0.3) is 0 Å². The predicted molar refractivity (Wildman–Crippen MR) is 88.5 cm³/mol. The van der Waals surface area contributed by atoms with Crippen molar-refractivity contribution in [2.45, 2.75) is 57.9 Å². The lowest BCUT2D eigenvalue weighted by Gasteiger charge is -2.22. The molecule has 1 saturated carbocycles. The first kappa shape index (κ1) is 15.5. The first-order chi connectivity index (χ1) is 11.6. The van der Waals surface area contributed by atoms with Gasteiger partial charge in [0.2, 0.25) is 5.91 Å². The second-order valence-electron chi connectivity index (χ2n) is 7.23. The van der Waals surface area contributed by atoms with Gasteiger partial charge >= 0.3 is 0 Å². The lowest BCUT2D eigenvalue weighted by molar-refractivity contribution is -0.132. The Kier molecular flexibility index (Phi) is 3.94. The van der Waals surface area contributed by atoms with Gasteiger partial charge in [-0.15, -0.1) is 0 Å². The topological polar surface area (TPSA) is 59.5 Å². The molecule has 1 aliphatic heterocycles. The number of rotatable bonds is 5. The minimum atomic E-state index is 0.0643. The fraction of sp³-hybridized carbons (Fsp3) is 0.579. The highest BCUT2D eigenvalue weighted by atomic mass is 16.5. The standard InChI is InChI=1S/C19H24N2O3/c1-12-10-15(12)18-7-5-14(23-18)6-8-19(22)21-9-3-4-17(21)16-11-13(2)24-20-16/h5,7,11-12,15,17H,3-4,6,8-10H2,1-2H3/t12-,15+,17-/m0/s1. The second kappa shape index (κ2) is 6.11. The molecule has 3 heterocycles. The molecule has 1 aliphatic carbocycles. The largest absolute Gasteiger partial charge is 0.466 e. The summed E-state index contributed by atoms with van der Waals surface area (Å²) >= 11 is 0. The molecule has 24 heavy (non-hydrogen) atoms. The summed E-state index contributed by atoms with van der Waals surface area (Å²) in [6.07, 6.45) is 4.36. The van der Waals surface area contributed by atoms with E-state index in [0.717, 1.165) is 48.3 Å². The van der Waals surface area contributed by atoms with Crippen molar-refractivity contribution < 1.29 is 13.7 Å². The van der Waals surface area contributed by atoms with Crippen molar-refractivity contribution >= 4 is 5.91 Å². The molecule has 2 fully saturated rings. The van der Waals surface area contributed by atoms with Gasteiger partial charge < -0.3 is 13.8 Å². The van der Waals surface area contributed by atoms with Gasteiger partial charge in [-0.25, -0.2) is 0 Å². The van der Waals surface area contributed by atoms with Gasteiger partial charge in [-0.1, -0.05) is 12.1 Å². The Labute approximate surface area is 142 Å². The minimum Gasteiger partial charge on any atom is -0.466 e. The Bertz CT molecular complexity index is 733. The van der Waals surface area contributed by atoms with Gasteiger partial charge in [0, 0.05) is 31.4 Å². The van der Waals surface area contributed by atoms with E-state index in [4.69, 9.17) is 8.94 Å². The normalized spacial score (nSPS) is 26.1. The molecule has 128 valence electrons. The quantitative estimate of drug-likeness (QED) is 0.832. The first-order valence-corrected chi connectivity index (χ1v) is 8.93. The van der Waals surface area contributed by atoms with Crippen molar-refractivity contribution in [3.63, 3.8) is 0 Å². The molecular formula is C19H24N2O3. The maximum absolute atomic E-state index is 12.6. The molecule has 2 aromatic heterocycles. The Hall–Kier alpha value is -2.04. The van der Waals surface area contributed by atoms with Crippen LogP contribution in [0.4, 0.5) is 0 Å². The van der Waals surface area contributed by atoms with E-state index in [9.17, 15) is 4.79 Å². The summed E-state index contributed by atoms with van der Waals surface area (Å²) in [5.41, 5.74) is 0.876. The SMILES string of the molecule is Cc1cc([C@@H]2CCCN2C(=O)CCc2ccc([C@@H]3C[C@@H]3C)o2)no1. The van der Waals surface area contributed by atoms with E-state index in [1.807, 2.05) is 24.0 Å². The zero-order valence-electron chi connectivity index (χ0n) is 14.3. The fourth-order valence-corrected chi connectivity index (χ4v) is 3.74. The van der Waals surface area contributed by atoms with Crippen LogP contribution in [0.5, 0.6) is 0 Å². The Morgan fingerprint density at radius 1 is 1.42 bits per heavy atom. The molecule has 3 atom stereocenters. The summed E-state index contributed by atoms with van der Waals surface area (Å²) in [7, 11) is 0. The molecule has 0 spiro atoms. The summed E-state index contributed by atoms with van der Waals surface area (Å²) in [5.74, 6) is 4.31. The molecule has 0 aromatic carbocycles. The van der Waals surface area contributed by atoms with E-state index < -0.39 is 0 Å². The van der Waals surface area contributed by atoms with Crippen LogP contribution in [-0.4, -0.2) is 22.5 Å². The number of carbonyl (C=O) groups excluding carboxylic acids is 1. The highest BCUT2D eigenvalue weighted by Gasteiger charge is 2.36. The summed E-state index contributed by atoms with van der Waals surface area (Å²) in [6.45, 7) is 4.93. The van der Waals surface area contributed by atoms with Crippen LogP contribution in [0.15, 0.2) is 27.1 Å². The lowest BCUT2D eigenvalue weighted by atomic mass is 10.1. The predicted octanol–water partition coefficient (Wildman–Crippen LogP) is 4.00. The van der Waals surface area contributed by atoms with Crippen molar-refractivity contribution in [1.82, 2.24) is 10.1 Å². The third-order valence-corrected chi connectivity index (χ3v) is 5.30. The van der Waals surface area contributed by atoms with Crippen LogP contribution in [0.2, 0.25) is 0 Å². The highest BCUT2D eigenvalue weighted by Crippen LogP contribution is 2.47. The van der Waals surface area contributed by atoms with Gasteiger partial charge in [0.25, 0.3) is 0 Å². The molecular weight excluding hydrogens is 304 g/mol. The highest BCUT2D eigenvalue weighted by molar-refractivity contribution is 5.77. The smallest absolute Gasteiger partial charge is 0.223 e. The van der Waals surface area contributed by atoms with Crippen molar-refractivity contribution in [3.8, 4) is 0 Å². The van der Waals surface area contributed by atoms with E-state index in [1.165, 1.54) is 6.42 Å². The van der Waals surface area contributed by atoms with Gasteiger partial charge in [-0.2, -0.15) is 0 Å². The average molecular weight is 328 g/mol. The van der Waals surface area contributed by atoms with E-state index in [1.54, 1.807) is 0 Å². The summed E-state index contributed by atoms with van der Waals surface area (Å²) < 4.78 is 11.1. The Morgan fingerprint density at radius 3 is 2.96 bits per heavy atom. The van der Waals surface area contributed by atoms with E-state index in [2.05, 4.69) is 18.1 Å². The van der Waals surface area contributed by atoms with Crippen molar-refractivity contribution in [1.29, 1.82) is 0 Å². The van der Waals surface area contributed by atoms with Crippen molar-refractivity contribution in [2.75, 3.05) is 6.54 Å². The maximum Gasteiger partial charge on any atom is 0.223 e. The monoisotopic (exact) mass is 328 g/mol. The van der Waals surface area contributed by atoms with Gasteiger partial charge in [-0.3, -0.25) is 4.79 Å². The Balaban J connectivity index is 1.36. The summed E-state index contributed by atoms with van der Waals surface area (Å²) in [5, 5.41) is 4.10. The number of aromatic nitrogens is 1. The van der Waals surface area contributed by atoms with Crippen molar-refractivity contribution in [2.24, 2.45) is 5.92 Å². The van der Waals surface area contributed by atoms with Crippen molar-refractivity contribution in [3.05, 3.63) is 41.2 Å². The molecule has 2 aromatic rings. The second-order valence-corrected chi connectivity index (χ2v) is 7.23. The zero-order valence-corrected chi connectivity index (χ0v) is 14.3. The molecule has 5 heteroatoms. The summed E-state index contributed by atoms with van der Waals surface area (Å²) in [6, 6.07) is 6.10. The number of amides is 1. The van der Waals surface area contributed by atoms with Gasteiger partial charge in [0.15, 0.2) is 0 Å². The van der Waals surface area contributed by atoms with Gasteiger partial charge in [0.1, 0.15) is 23.0 Å².